The first kappa shape index (κ1) is 13.2. The molecule has 19 heavy (non-hydrogen) atoms. The highest BCUT2D eigenvalue weighted by Gasteiger charge is 2.16. The van der Waals surface area contributed by atoms with E-state index in [-0.39, 0.29) is 6.29 Å². The molecule has 2 aliphatic rings. The van der Waals surface area contributed by atoms with E-state index in [9.17, 15) is 0 Å². The normalized spacial score (nSPS) is 19.9. The Morgan fingerprint density at radius 3 is 2.84 bits per heavy atom. The van der Waals surface area contributed by atoms with E-state index < -0.39 is 0 Å². The van der Waals surface area contributed by atoms with E-state index in [1.54, 1.807) is 0 Å². The Morgan fingerprint density at radius 1 is 1.16 bits per heavy atom. The van der Waals surface area contributed by atoms with Gasteiger partial charge in [0, 0.05) is 11.4 Å². The summed E-state index contributed by atoms with van der Waals surface area (Å²) >= 11 is 6.02. The smallest absolute Gasteiger partial charge is 0.157 e. The van der Waals surface area contributed by atoms with Gasteiger partial charge in [0.25, 0.3) is 0 Å². The van der Waals surface area contributed by atoms with Gasteiger partial charge in [0.2, 0.25) is 0 Å². The molecule has 1 aliphatic heterocycles. The number of benzene rings is 1. The van der Waals surface area contributed by atoms with Crippen LogP contribution in [0.3, 0.4) is 0 Å². The highest BCUT2D eigenvalue weighted by Crippen LogP contribution is 2.29. The summed E-state index contributed by atoms with van der Waals surface area (Å²) in [6.45, 7) is 1.68. The van der Waals surface area contributed by atoms with Crippen LogP contribution in [0.4, 0.5) is 0 Å². The number of ether oxygens (including phenoxy) is 2. The molecule has 0 unspecified atom stereocenters. The Labute approximate surface area is 119 Å². The molecule has 1 aromatic carbocycles. The standard InChI is InChI=1S/C16H19ClO2/c17-15-6-5-13-10-12(2-4-14(13)11-15)3-7-16-18-8-1-9-19-16/h5-6,10-11,16H,1-4,7-9H2. The van der Waals surface area contributed by atoms with Gasteiger partial charge >= 0.3 is 0 Å². The summed E-state index contributed by atoms with van der Waals surface area (Å²) in [6, 6.07) is 6.16. The van der Waals surface area contributed by atoms with Gasteiger partial charge in [0.15, 0.2) is 6.29 Å². The molecule has 1 heterocycles. The quantitative estimate of drug-likeness (QED) is 0.824. The molecule has 3 heteroatoms. The van der Waals surface area contributed by atoms with Gasteiger partial charge in [-0.3, -0.25) is 0 Å². The number of rotatable bonds is 3. The second-order valence-corrected chi connectivity index (χ2v) is 5.65. The molecule has 0 saturated carbocycles. The van der Waals surface area contributed by atoms with Gasteiger partial charge in [0.05, 0.1) is 13.2 Å². The third-order valence-corrected chi connectivity index (χ3v) is 4.01. The average molecular weight is 279 g/mol. The molecule has 0 atom stereocenters. The van der Waals surface area contributed by atoms with Crippen LogP contribution in [0.15, 0.2) is 23.8 Å². The first-order chi connectivity index (χ1) is 9.31. The molecule has 1 aromatic rings. The van der Waals surface area contributed by atoms with Crippen molar-refractivity contribution in [2.45, 2.75) is 38.4 Å². The van der Waals surface area contributed by atoms with Crippen molar-refractivity contribution >= 4 is 17.7 Å². The van der Waals surface area contributed by atoms with Crippen LogP contribution in [0.1, 0.15) is 36.8 Å². The monoisotopic (exact) mass is 278 g/mol. The number of hydrogen-bond donors (Lipinski definition) is 0. The van der Waals surface area contributed by atoms with E-state index >= 15 is 0 Å². The lowest BCUT2D eigenvalue weighted by Crippen LogP contribution is -2.24. The van der Waals surface area contributed by atoms with Gasteiger partial charge in [-0.2, -0.15) is 0 Å². The lowest BCUT2D eigenvalue weighted by molar-refractivity contribution is -0.180. The number of aryl methyl sites for hydroxylation is 1. The van der Waals surface area contributed by atoms with E-state index in [4.69, 9.17) is 21.1 Å². The zero-order valence-corrected chi connectivity index (χ0v) is 11.8. The molecule has 0 bridgehead atoms. The van der Waals surface area contributed by atoms with E-state index in [0.29, 0.717) is 0 Å². The largest absolute Gasteiger partial charge is 0.353 e. The van der Waals surface area contributed by atoms with Gasteiger partial charge in [0.1, 0.15) is 0 Å². The molecular weight excluding hydrogens is 260 g/mol. The second kappa shape index (κ2) is 6.08. The minimum absolute atomic E-state index is 0.00117. The van der Waals surface area contributed by atoms with Gasteiger partial charge in [-0.05, 0) is 48.9 Å². The highest BCUT2D eigenvalue weighted by molar-refractivity contribution is 6.30. The topological polar surface area (TPSA) is 18.5 Å². The predicted molar refractivity (Wildman–Crippen MR) is 77.3 cm³/mol. The summed E-state index contributed by atoms with van der Waals surface area (Å²) in [5, 5.41) is 0.833. The Hall–Kier alpha value is -0.830. The molecule has 2 nitrogen and oxygen atoms in total. The van der Waals surface area contributed by atoms with Crippen LogP contribution in [-0.4, -0.2) is 19.5 Å². The molecule has 102 valence electrons. The van der Waals surface area contributed by atoms with E-state index in [0.717, 1.165) is 50.3 Å². The summed E-state index contributed by atoms with van der Waals surface area (Å²) in [7, 11) is 0. The Kier molecular flexibility index (Phi) is 4.21. The Bertz CT molecular complexity index is 476. The summed E-state index contributed by atoms with van der Waals surface area (Å²) in [5.74, 6) is 0. The first-order valence-electron chi connectivity index (χ1n) is 7.02. The van der Waals surface area contributed by atoms with Crippen LogP contribution in [0, 0.1) is 0 Å². The van der Waals surface area contributed by atoms with Crippen molar-refractivity contribution in [1.29, 1.82) is 0 Å². The van der Waals surface area contributed by atoms with Crippen molar-refractivity contribution in [1.82, 2.24) is 0 Å². The van der Waals surface area contributed by atoms with Crippen molar-refractivity contribution in [3.63, 3.8) is 0 Å². The number of hydrogen-bond acceptors (Lipinski definition) is 2. The SMILES string of the molecule is Clc1ccc2c(c1)CCC(CCC1OCCCO1)=C2. The van der Waals surface area contributed by atoms with E-state index in [1.807, 2.05) is 6.07 Å². The van der Waals surface area contributed by atoms with Gasteiger partial charge in [-0.1, -0.05) is 29.3 Å². The maximum atomic E-state index is 6.02. The van der Waals surface area contributed by atoms with Crippen molar-refractivity contribution in [2.75, 3.05) is 13.2 Å². The van der Waals surface area contributed by atoms with E-state index in [1.165, 1.54) is 16.7 Å². The minimum Gasteiger partial charge on any atom is -0.353 e. The Balaban J connectivity index is 1.61. The van der Waals surface area contributed by atoms with Crippen LogP contribution in [0.2, 0.25) is 5.02 Å². The summed E-state index contributed by atoms with van der Waals surface area (Å²) in [6.07, 6.45) is 7.57. The fourth-order valence-electron chi connectivity index (χ4n) is 2.72. The Morgan fingerprint density at radius 2 is 2.00 bits per heavy atom. The summed E-state index contributed by atoms with van der Waals surface area (Å²) in [4.78, 5) is 0. The summed E-state index contributed by atoms with van der Waals surface area (Å²) in [5.41, 5.74) is 4.17. The van der Waals surface area contributed by atoms with Crippen molar-refractivity contribution < 1.29 is 9.47 Å². The number of allylic oxidation sites excluding steroid dienone is 1. The molecule has 1 aliphatic carbocycles. The molecule has 0 N–H and O–H groups in total. The first-order valence-corrected chi connectivity index (χ1v) is 7.40. The minimum atomic E-state index is 0.00117. The fourth-order valence-corrected chi connectivity index (χ4v) is 2.92. The lowest BCUT2D eigenvalue weighted by atomic mass is 9.90. The van der Waals surface area contributed by atoms with Crippen LogP contribution >= 0.6 is 11.6 Å². The van der Waals surface area contributed by atoms with Crippen LogP contribution < -0.4 is 0 Å². The van der Waals surface area contributed by atoms with Gasteiger partial charge in [-0.15, -0.1) is 0 Å². The zero-order valence-electron chi connectivity index (χ0n) is 11.0. The molecule has 0 radical (unpaired) electrons. The molecule has 0 amide bonds. The van der Waals surface area contributed by atoms with Crippen LogP contribution in [0.25, 0.3) is 6.08 Å². The fraction of sp³-hybridized carbons (Fsp3) is 0.500. The zero-order chi connectivity index (χ0) is 13.1. The van der Waals surface area contributed by atoms with Gasteiger partial charge in [-0.25, -0.2) is 0 Å². The molecule has 1 saturated heterocycles. The van der Waals surface area contributed by atoms with E-state index in [2.05, 4.69) is 18.2 Å². The summed E-state index contributed by atoms with van der Waals surface area (Å²) < 4.78 is 11.2. The van der Waals surface area contributed by atoms with Crippen molar-refractivity contribution in [2.24, 2.45) is 0 Å². The average Bonchev–Trinajstić information content (AvgIpc) is 2.46. The highest BCUT2D eigenvalue weighted by atomic mass is 35.5. The van der Waals surface area contributed by atoms with Gasteiger partial charge < -0.3 is 9.47 Å². The predicted octanol–water partition coefficient (Wildman–Crippen LogP) is 4.21. The third-order valence-electron chi connectivity index (χ3n) is 3.78. The lowest BCUT2D eigenvalue weighted by Gasteiger charge is -2.24. The molecular formula is C16H19ClO2. The second-order valence-electron chi connectivity index (χ2n) is 5.21. The molecule has 0 aromatic heterocycles. The van der Waals surface area contributed by atoms with Crippen molar-refractivity contribution in [3.8, 4) is 0 Å². The maximum Gasteiger partial charge on any atom is 0.157 e. The van der Waals surface area contributed by atoms with Crippen LogP contribution in [-0.2, 0) is 15.9 Å². The van der Waals surface area contributed by atoms with Crippen molar-refractivity contribution in [3.05, 3.63) is 39.9 Å². The maximum absolute atomic E-state index is 6.02. The molecule has 0 spiro atoms. The third kappa shape index (κ3) is 3.38. The molecule has 1 fully saturated rings. The number of fused-ring (bicyclic) bond motifs is 1. The number of halogens is 1. The molecule has 3 rings (SSSR count). The van der Waals surface area contributed by atoms with Crippen LogP contribution in [0.5, 0.6) is 0 Å².